The fourth-order valence-electron chi connectivity index (χ4n) is 2.88. The molecule has 0 radical (unpaired) electrons. The smallest absolute Gasteiger partial charge is 0.240 e. The maximum absolute atomic E-state index is 12.2. The maximum Gasteiger partial charge on any atom is 0.240 e. The van der Waals surface area contributed by atoms with E-state index in [9.17, 15) is 13.2 Å². The highest BCUT2D eigenvalue weighted by molar-refractivity contribution is 7.89. The second-order valence-electron chi connectivity index (χ2n) is 6.53. The number of carbonyl (C=O) groups is 1. The van der Waals surface area contributed by atoms with Crippen LogP contribution in [0.4, 0.5) is 0 Å². The second-order valence-corrected chi connectivity index (χ2v) is 8.73. The molecule has 0 bridgehead atoms. The van der Waals surface area contributed by atoms with E-state index < -0.39 is 10.0 Å². The molecule has 0 saturated heterocycles. The van der Waals surface area contributed by atoms with Crippen LogP contribution in [0.1, 0.15) is 24.8 Å². The van der Waals surface area contributed by atoms with Crippen molar-refractivity contribution in [1.82, 2.24) is 10.0 Å². The van der Waals surface area contributed by atoms with Gasteiger partial charge >= 0.3 is 0 Å². The summed E-state index contributed by atoms with van der Waals surface area (Å²) in [6, 6.07) is 16.2. The molecule has 7 heteroatoms. The Morgan fingerprint density at radius 3 is 2.46 bits per heavy atom. The summed E-state index contributed by atoms with van der Waals surface area (Å²) in [6.07, 6.45) is 2.20. The third-order valence-electron chi connectivity index (χ3n) is 4.61. The van der Waals surface area contributed by atoms with Crippen molar-refractivity contribution < 1.29 is 13.2 Å². The largest absolute Gasteiger partial charge is 0.355 e. The molecule has 26 heavy (non-hydrogen) atoms. The molecule has 0 spiro atoms. The van der Waals surface area contributed by atoms with E-state index in [0.717, 1.165) is 12.8 Å². The molecule has 3 rings (SSSR count). The molecule has 2 N–H and O–H groups in total. The minimum atomic E-state index is -3.67. The first-order valence-corrected chi connectivity index (χ1v) is 10.3. The van der Waals surface area contributed by atoms with Gasteiger partial charge in [-0.25, -0.2) is 13.1 Å². The number of carbonyl (C=O) groups excluding carboxylic acids is 1. The Bertz CT molecular complexity index is 881. The standard InChI is InChI=1S/C19H21ClN2O3S/c20-16-7-4-8-17(13-16)26(24,25)22-12-9-18(23)21-14-19(10-11-19)15-5-2-1-3-6-15/h1-8,13,22H,9-12,14H2,(H,21,23). The molecule has 138 valence electrons. The van der Waals surface area contributed by atoms with Gasteiger partial charge in [-0.1, -0.05) is 48.0 Å². The number of hydrogen-bond acceptors (Lipinski definition) is 3. The number of hydrogen-bond donors (Lipinski definition) is 2. The summed E-state index contributed by atoms with van der Waals surface area (Å²) in [5.41, 5.74) is 1.28. The average Bonchev–Trinajstić information content (AvgIpc) is 3.42. The average molecular weight is 393 g/mol. The van der Waals surface area contributed by atoms with E-state index in [-0.39, 0.29) is 29.2 Å². The first-order valence-electron chi connectivity index (χ1n) is 8.49. The van der Waals surface area contributed by atoms with E-state index in [1.54, 1.807) is 12.1 Å². The van der Waals surface area contributed by atoms with Crippen LogP contribution < -0.4 is 10.0 Å². The number of benzene rings is 2. The van der Waals surface area contributed by atoms with Crippen molar-refractivity contribution >= 4 is 27.5 Å². The van der Waals surface area contributed by atoms with E-state index >= 15 is 0 Å². The monoisotopic (exact) mass is 392 g/mol. The highest BCUT2D eigenvalue weighted by atomic mass is 35.5. The van der Waals surface area contributed by atoms with Gasteiger partial charge in [0, 0.05) is 29.9 Å². The third-order valence-corrected chi connectivity index (χ3v) is 6.31. The van der Waals surface area contributed by atoms with Gasteiger partial charge < -0.3 is 5.32 Å². The number of halogens is 1. The van der Waals surface area contributed by atoms with Crippen LogP contribution in [0.5, 0.6) is 0 Å². The summed E-state index contributed by atoms with van der Waals surface area (Å²) >= 11 is 5.82. The van der Waals surface area contributed by atoms with Gasteiger partial charge in [-0.05, 0) is 36.6 Å². The molecule has 0 unspecified atom stereocenters. The molecular formula is C19H21ClN2O3S. The summed E-state index contributed by atoms with van der Waals surface area (Å²) < 4.78 is 26.8. The van der Waals surface area contributed by atoms with Crippen LogP contribution in [-0.4, -0.2) is 27.4 Å². The van der Waals surface area contributed by atoms with Crippen molar-refractivity contribution in [2.45, 2.75) is 29.6 Å². The SMILES string of the molecule is O=C(CCNS(=O)(=O)c1cccc(Cl)c1)NCC1(c2ccccc2)CC1. The Balaban J connectivity index is 1.46. The van der Waals surface area contributed by atoms with Crippen LogP contribution >= 0.6 is 11.6 Å². The normalized spacial score (nSPS) is 15.4. The lowest BCUT2D eigenvalue weighted by molar-refractivity contribution is -0.121. The van der Waals surface area contributed by atoms with Crippen LogP contribution in [0.15, 0.2) is 59.5 Å². The zero-order chi connectivity index (χ0) is 18.6. The van der Waals surface area contributed by atoms with Crippen molar-refractivity contribution in [2.75, 3.05) is 13.1 Å². The first kappa shape index (κ1) is 18.9. The van der Waals surface area contributed by atoms with Crippen molar-refractivity contribution in [3.63, 3.8) is 0 Å². The third kappa shape index (κ3) is 4.63. The quantitative estimate of drug-likeness (QED) is 0.725. The zero-order valence-electron chi connectivity index (χ0n) is 14.2. The predicted molar refractivity (Wildman–Crippen MR) is 102 cm³/mol. The Kier molecular flexibility index (Phi) is 5.65. The summed E-state index contributed by atoms with van der Waals surface area (Å²) in [4.78, 5) is 12.1. The Morgan fingerprint density at radius 1 is 1.08 bits per heavy atom. The molecule has 1 amide bonds. The highest BCUT2D eigenvalue weighted by Gasteiger charge is 2.44. The lowest BCUT2D eigenvalue weighted by atomic mass is 9.96. The van der Waals surface area contributed by atoms with Crippen molar-refractivity contribution in [3.05, 3.63) is 65.2 Å². The molecule has 0 atom stereocenters. The summed E-state index contributed by atoms with van der Waals surface area (Å²) in [5, 5.41) is 3.27. The van der Waals surface area contributed by atoms with Crippen LogP contribution in [0.25, 0.3) is 0 Å². The van der Waals surface area contributed by atoms with E-state index in [4.69, 9.17) is 11.6 Å². The van der Waals surface area contributed by atoms with Crippen molar-refractivity contribution in [2.24, 2.45) is 0 Å². The van der Waals surface area contributed by atoms with Gasteiger partial charge in [-0.3, -0.25) is 4.79 Å². The first-order chi connectivity index (χ1) is 12.4. The number of sulfonamides is 1. The molecular weight excluding hydrogens is 372 g/mol. The summed E-state index contributed by atoms with van der Waals surface area (Å²) in [7, 11) is -3.67. The van der Waals surface area contributed by atoms with E-state index in [1.165, 1.54) is 17.7 Å². The number of nitrogens with one attached hydrogen (secondary N) is 2. The Morgan fingerprint density at radius 2 is 1.81 bits per heavy atom. The topological polar surface area (TPSA) is 75.3 Å². The molecule has 1 aliphatic carbocycles. The van der Waals surface area contributed by atoms with Gasteiger partial charge in [0.05, 0.1) is 4.90 Å². The minimum absolute atomic E-state index is 0.0389. The Labute approximate surface area is 158 Å². The summed E-state index contributed by atoms with van der Waals surface area (Å²) in [5.74, 6) is -0.166. The van der Waals surface area contributed by atoms with Crippen molar-refractivity contribution in [3.8, 4) is 0 Å². The fourth-order valence-corrected chi connectivity index (χ4v) is 4.21. The minimum Gasteiger partial charge on any atom is -0.355 e. The molecule has 0 aromatic heterocycles. The van der Waals surface area contributed by atoms with Crippen LogP contribution in [0, 0.1) is 0 Å². The molecule has 2 aromatic carbocycles. The van der Waals surface area contributed by atoms with Gasteiger partial charge in [0.1, 0.15) is 0 Å². The van der Waals surface area contributed by atoms with E-state index in [0.29, 0.717) is 11.6 Å². The fraction of sp³-hybridized carbons (Fsp3) is 0.316. The van der Waals surface area contributed by atoms with Gasteiger partial charge in [0.25, 0.3) is 0 Å². The van der Waals surface area contributed by atoms with Gasteiger partial charge in [-0.15, -0.1) is 0 Å². The molecule has 1 saturated carbocycles. The second kappa shape index (κ2) is 7.78. The molecule has 2 aromatic rings. The lowest BCUT2D eigenvalue weighted by Crippen LogP contribution is -2.35. The van der Waals surface area contributed by atoms with Gasteiger partial charge in [0.15, 0.2) is 0 Å². The van der Waals surface area contributed by atoms with E-state index in [2.05, 4.69) is 22.2 Å². The highest BCUT2D eigenvalue weighted by Crippen LogP contribution is 2.47. The molecule has 0 aliphatic heterocycles. The van der Waals surface area contributed by atoms with Gasteiger partial charge in [0.2, 0.25) is 15.9 Å². The predicted octanol–water partition coefficient (Wildman–Crippen LogP) is 2.86. The molecule has 5 nitrogen and oxygen atoms in total. The Hall–Kier alpha value is -1.89. The van der Waals surface area contributed by atoms with Gasteiger partial charge in [-0.2, -0.15) is 0 Å². The molecule has 1 aliphatic rings. The number of amides is 1. The maximum atomic E-state index is 12.2. The molecule has 0 heterocycles. The number of rotatable bonds is 8. The molecule has 1 fully saturated rings. The van der Waals surface area contributed by atoms with Crippen LogP contribution in [0.2, 0.25) is 5.02 Å². The van der Waals surface area contributed by atoms with Crippen LogP contribution in [-0.2, 0) is 20.2 Å². The van der Waals surface area contributed by atoms with E-state index in [1.807, 2.05) is 18.2 Å². The summed E-state index contributed by atoms with van der Waals surface area (Å²) in [6.45, 7) is 0.621. The lowest BCUT2D eigenvalue weighted by Gasteiger charge is -2.16. The van der Waals surface area contributed by atoms with Crippen molar-refractivity contribution in [1.29, 1.82) is 0 Å². The van der Waals surface area contributed by atoms with Crippen LogP contribution in [0.3, 0.4) is 0 Å². The zero-order valence-corrected chi connectivity index (χ0v) is 15.8.